The van der Waals surface area contributed by atoms with Gasteiger partial charge < -0.3 is 0 Å². The first-order valence-electron chi connectivity index (χ1n) is 0.697. The topological polar surface area (TPSA) is 47.6 Å². The maximum absolute atomic E-state index is 7.26. The molecular weight excluding hydrogens is 75.0 g/mol. The average molecular weight is 76.0 g/mol. The molecule has 0 heterocycles. The van der Waals surface area contributed by atoms with Crippen LogP contribution in [0.4, 0.5) is 0 Å². The second kappa shape index (κ2) is 9.02. The minimum atomic E-state index is 0. The molecule has 0 rings (SSSR count). The maximum atomic E-state index is 7.26. The Labute approximate surface area is 52.3 Å². The predicted molar refractivity (Wildman–Crippen MR) is 18.4 cm³/mol. The van der Waals surface area contributed by atoms with Crippen LogP contribution in [0.15, 0.2) is 0 Å². The predicted octanol–water partition coefficient (Wildman–Crippen LogP) is -0.615. The molecule has 0 fully saturated rings. The molecule has 0 radical (unpaired) electrons. The van der Waals surface area contributed by atoms with E-state index < -0.39 is 0 Å². The molecule has 5 heavy (non-hydrogen) atoms. The van der Waals surface area contributed by atoms with Crippen molar-refractivity contribution in [3.05, 3.63) is 0 Å². The molecule has 0 aromatic rings. The number of rotatable bonds is 0. The number of hydrogen-bond donors (Lipinski definition) is 0. The van der Waals surface area contributed by atoms with E-state index in [0.717, 1.165) is 0 Å². The molecule has 0 aromatic heterocycles. The van der Waals surface area contributed by atoms with E-state index >= 15 is 0 Å². The van der Waals surface area contributed by atoms with Gasteiger partial charge in [-0.15, -0.1) is 0 Å². The van der Waals surface area contributed by atoms with Gasteiger partial charge in [0, 0.05) is 0 Å². The van der Waals surface area contributed by atoms with E-state index in [-0.39, 0.29) is 29.6 Å². The molecule has 0 bridgehead atoms. The van der Waals surface area contributed by atoms with E-state index in [9.17, 15) is 0 Å². The number of nitriles is 2. The van der Waals surface area contributed by atoms with Crippen molar-refractivity contribution in [1.82, 2.24) is 0 Å². The van der Waals surface area contributed by atoms with Crippen LogP contribution in [0.1, 0.15) is 0 Å². The molecule has 0 spiro atoms. The molecule has 0 N–H and O–H groups in total. The molecule has 0 saturated heterocycles. The van der Waals surface area contributed by atoms with Gasteiger partial charge >= 0.3 is 29.6 Å². The van der Waals surface area contributed by atoms with Gasteiger partial charge in [-0.2, -0.15) is 10.5 Å². The van der Waals surface area contributed by atoms with Crippen molar-refractivity contribution in [3.8, 4) is 12.1 Å². The summed E-state index contributed by atoms with van der Waals surface area (Å²) >= 11 is 0. The summed E-state index contributed by atoms with van der Waals surface area (Å²) in [4.78, 5) is 0. The van der Waals surface area contributed by atoms with Gasteiger partial charge in [-0.25, -0.2) is 0 Å². The van der Waals surface area contributed by atoms with Crippen LogP contribution in [0.2, 0.25) is 0 Å². The zero-order valence-electron chi connectivity index (χ0n) is 1.89. The molecule has 0 aliphatic rings. The van der Waals surface area contributed by atoms with Crippen LogP contribution in [-0.4, -0.2) is 29.6 Å². The molecule has 0 atom stereocenters. The van der Waals surface area contributed by atoms with E-state index in [2.05, 4.69) is 0 Å². The first-order valence-corrected chi connectivity index (χ1v) is 0.697. The first-order chi connectivity index (χ1) is 1.91. The summed E-state index contributed by atoms with van der Waals surface area (Å²) in [7, 11) is 0. The van der Waals surface area contributed by atoms with Gasteiger partial charge in [-0.05, 0) is 0 Å². The van der Waals surface area contributed by atoms with Crippen LogP contribution in [-0.2, 0) is 0 Å². The van der Waals surface area contributed by atoms with Crippen molar-refractivity contribution >= 4 is 29.6 Å². The third-order valence-electron chi connectivity index (χ3n) is 0.0500. The third kappa shape index (κ3) is 16.2. The monoisotopic (exact) mass is 76.0 g/mol. The second-order valence-corrected chi connectivity index (χ2v) is 0.224. The van der Waals surface area contributed by atoms with Crippen molar-refractivity contribution in [2.75, 3.05) is 0 Å². The van der Waals surface area contributed by atoms with Gasteiger partial charge in [0.05, 0.1) is 0 Å². The van der Waals surface area contributed by atoms with Crippen molar-refractivity contribution in [2.45, 2.75) is 0 Å². The summed E-state index contributed by atoms with van der Waals surface area (Å²) in [6.45, 7) is 0. The Balaban J connectivity index is 0. The molecule has 0 amide bonds. The summed E-state index contributed by atoms with van der Waals surface area (Å²) in [6.07, 6.45) is 0. The zero-order valence-corrected chi connectivity index (χ0v) is 1.89. The zero-order chi connectivity index (χ0) is 3.41. The Hall–Kier alpha value is -0.0200. The van der Waals surface area contributed by atoms with E-state index in [0.29, 0.717) is 0 Å². The Morgan fingerprint density at radius 3 is 1.20 bits per heavy atom. The summed E-state index contributed by atoms with van der Waals surface area (Å²) in [5.41, 5.74) is 0. The SMILES string of the molecule is N#CC#N.[NaH]. The first kappa shape index (κ1) is 8.88. The number of hydrogen-bond acceptors (Lipinski definition) is 2. The van der Waals surface area contributed by atoms with Gasteiger partial charge in [0.1, 0.15) is 0 Å². The number of nitrogens with zero attached hydrogens (tertiary/aromatic N) is 2. The molecule has 0 aromatic carbocycles. The minimum absolute atomic E-state index is 0. The summed E-state index contributed by atoms with van der Waals surface area (Å²) in [6, 6.07) is 2.47. The van der Waals surface area contributed by atoms with Crippen LogP contribution in [0.25, 0.3) is 0 Å². The Morgan fingerprint density at radius 2 is 1.20 bits per heavy atom. The van der Waals surface area contributed by atoms with Gasteiger partial charge in [0.2, 0.25) is 0 Å². The normalized spacial score (nSPS) is 2.00. The fourth-order valence-corrected chi connectivity index (χ4v) is 0. The van der Waals surface area contributed by atoms with E-state index in [1.54, 1.807) is 0 Å². The van der Waals surface area contributed by atoms with Crippen molar-refractivity contribution < 1.29 is 0 Å². The summed E-state index contributed by atoms with van der Waals surface area (Å²) in [5, 5.41) is 14.5. The van der Waals surface area contributed by atoms with Crippen LogP contribution in [0, 0.1) is 22.7 Å². The molecule has 20 valence electrons. The van der Waals surface area contributed by atoms with Crippen LogP contribution in [0.3, 0.4) is 0 Å². The van der Waals surface area contributed by atoms with Crippen molar-refractivity contribution in [2.24, 2.45) is 0 Å². The standard InChI is InChI=1S/C2N2.Na.H/c3-1-2-4;;. The molecule has 0 saturated carbocycles. The van der Waals surface area contributed by atoms with Crippen LogP contribution >= 0.6 is 0 Å². The summed E-state index contributed by atoms with van der Waals surface area (Å²) in [5.74, 6) is 0. The van der Waals surface area contributed by atoms with Gasteiger partial charge in [0.25, 0.3) is 0 Å². The van der Waals surface area contributed by atoms with Crippen LogP contribution in [0.5, 0.6) is 0 Å². The van der Waals surface area contributed by atoms with Gasteiger partial charge in [-0.3, -0.25) is 0 Å². The Bertz CT molecular complexity index is 62.6. The third-order valence-corrected chi connectivity index (χ3v) is 0.0500. The van der Waals surface area contributed by atoms with Crippen molar-refractivity contribution in [3.63, 3.8) is 0 Å². The molecular formula is C2HN2Na. The van der Waals surface area contributed by atoms with E-state index in [4.69, 9.17) is 10.5 Å². The fourth-order valence-electron chi connectivity index (χ4n) is 0. The van der Waals surface area contributed by atoms with Gasteiger partial charge in [0.15, 0.2) is 12.1 Å². The molecule has 0 unspecified atom stereocenters. The fraction of sp³-hybridized carbons (Fsp3) is 0. The molecule has 2 nitrogen and oxygen atoms in total. The molecule has 0 aliphatic carbocycles. The quantitative estimate of drug-likeness (QED) is 0.361. The van der Waals surface area contributed by atoms with Crippen LogP contribution < -0.4 is 0 Å². The summed E-state index contributed by atoms with van der Waals surface area (Å²) < 4.78 is 0. The molecule has 3 heteroatoms. The average Bonchev–Trinajstić information content (AvgIpc) is 1.37. The molecule has 0 aliphatic heterocycles. The Morgan fingerprint density at radius 1 is 1.00 bits per heavy atom. The van der Waals surface area contributed by atoms with E-state index in [1.165, 1.54) is 12.1 Å². The van der Waals surface area contributed by atoms with E-state index in [1.807, 2.05) is 0 Å². The Kier molecular flexibility index (Phi) is 16.0. The van der Waals surface area contributed by atoms with Gasteiger partial charge in [-0.1, -0.05) is 0 Å². The second-order valence-electron chi connectivity index (χ2n) is 0.224. The van der Waals surface area contributed by atoms with Crippen molar-refractivity contribution in [1.29, 1.82) is 10.5 Å².